The van der Waals surface area contributed by atoms with E-state index in [0.29, 0.717) is 12.8 Å². The summed E-state index contributed by atoms with van der Waals surface area (Å²) in [5.74, 6) is -1.06. The van der Waals surface area contributed by atoms with E-state index in [1.807, 2.05) is 13.8 Å². The molecule has 2 N–H and O–H groups in total. The lowest BCUT2D eigenvalue weighted by molar-refractivity contribution is -0.874. The average molecular weight is 380 g/mol. The third-order valence-electron chi connectivity index (χ3n) is 3.89. The lowest BCUT2D eigenvalue weighted by atomic mass is 9.86. The van der Waals surface area contributed by atoms with Crippen LogP contribution in [0.25, 0.3) is 0 Å². The zero-order chi connectivity index (χ0) is 19.7. The van der Waals surface area contributed by atoms with Crippen LogP contribution in [-0.2, 0) is 18.7 Å². The molecule has 0 saturated heterocycles. The molecule has 0 amide bonds. The van der Waals surface area contributed by atoms with Gasteiger partial charge in [0.1, 0.15) is 6.54 Å². The van der Waals surface area contributed by atoms with E-state index in [-0.39, 0.29) is 23.9 Å². The molecule has 0 aliphatic rings. The maximum atomic E-state index is 12.9. The second-order valence-corrected chi connectivity index (χ2v) is 8.78. The third kappa shape index (κ3) is 9.61. The molecule has 8 heteroatoms. The number of Topliss-reactive ketones (excluding diaryl/α,β-unsaturated/α-hetero) is 2. The third-order valence-corrected chi connectivity index (χ3v) is 4.44. The van der Waals surface area contributed by atoms with Gasteiger partial charge in [0, 0.05) is 12.8 Å². The van der Waals surface area contributed by atoms with Crippen LogP contribution in [0.4, 0.5) is 0 Å². The number of phosphoric ester groups is 1. The van der Waals surface area contributed by atoms with Gasteiger partial charge in [0.05, 0.1) is 21.1 Å². The number of phosphoric acid groups is 1. The van der Waals surface area contributed by atoms with Crippen molar-refractivity contribution in [1.29, 1.82) is 0 Å². The minimum Gasteiger partial charge on any atom is -0.328 e. The second-order valence-electron chi connectivity index (χ2n) is 7.62. The van der Waals surface area contributed by atoms with Crippen molar-refractivity contribution in [1.82, 2.24) is 0 Å². The first-order valence-electron chi connectivity index (χ1n) is 9.01. The Morgan fingerprint density at radius 1 is 0.920 bits per heavy atom. The van der Waals surface area contributed by atoms with Crippen molar-refractivity contribution in [3.05, 3.63) is 0 Å². The summed E-state index contributed by atoms with van der Waals surface area (Å²) in [6.45, 7) is 3.88. The highest BCUT2D eigenvalue weighted by atomic mass is 31.2. The molecule has 7 nitrogen and oxygen atoms in total. The van der Waals surface area contributed by atoms with Crippen LogP contribution in [0.5, 0.6) is 0 Å². The van der Waals surface area contributed by atoms with E-state index in [2.05, 4.69) is 0 Å². The van der Waals surface area contributed by atoms with Gasteiger partial charge >= 0.3 is 7.82 Å². The molecule has 0 aliphatic heterocycles. The predicted octanol–water partition coefficient (Wildman–Crippen LogP) is 2.84. The highest BCUT2D eigenvalue weighted by Crippen LogP contribution is 2.44. The van der Waals surface area contributed by atoms with Crippen molar-refractivity contribution < 1.29 is 32.9 Å². The van der Waals surface area contributed by atoms with Crippen molar-refractivity contribution in [2.75, 3.05) is 27.7 Å². The molecule has 0 fully saturated rings. The number of ketones is 2. The number of likely N-dealkylation sites (N-methyl/N-ethyl adjacent to an activating group) is 1. The van der Waals surface area contributed by atoms with Crippen LogP contribution >= 0.6 is 7.82 Å². The quantitative estimate of drug-likeness (QED) is 0.208. The molecular weight excluding hydrogens is 345 g/mol. The summed E-state index contributed by atoms with van der Waals surface area (Å²) < 4.78 is 16.7. The normalized spacial score (nSPS) is 13.1. The fourth-order valence-electron chi connectivity index (χ4n) is 2.81. The maximum absolute atomic E-state index is 12.9. The minimum absolute atomic E-state index is 0.0767. The molecule has 148 valence electrons. The summed E-state index contributed by atoms with van der Waals surface area (Å²) in [7, 11) is 0.270. The molecule has 0 radical (unpaired) electrons. The average Bonchev–Trinajstić information content (AvgIpc) is 2.43. The highest BCUT2D eigenvalue weighted by molar-refractivity contribution is 7.46. The number of quaternary nitrogens is 1. The van der Waals surface area contributed by atoms with Crippen LogP contribution in [0.2, 0.25) is 0 Å². The van der Waals surface area contributed by atoms with Gasteiger partial charge in [-0.2, -0.15) is 0 Å². The fraction of sp³-hybridized carbons (Fsp3) is 0.882. The zero-order valence-corrected chi connectivity index (χ0v) is 17.2. The van der Waals surface area contributed by atoms with E-state index < -0.39 is 25.0 Å². The number of hydrogen-bond acceptors (Lipinski definition) is 4. The Kier molecular flexibility index (Phi) is 10.3. The van der Waals surface area contributed by atoms with Crippen LogP contribution in [0.15, 0.2) is 0 Å². The SMILES string of the molecule is CCCCCC(=O)C(C[N+](C)(C)C)(OP(=O)(O)O)C(=O)CCCCC. The summed E-state index contributed by atoms with van der Waals surface area (Å²) in [5, 5.41) is 0. The van der Waals surface area contributed by atoms with Crippen LogP contribution in [0.1, 0.15) is 65.2 Å². The molecule has 0 aromatic carbocycles. The number of carbonyl (C=O) groups excluding carboxylic acids is 2. The van der Waals surface area contributed by atoms with E-state index in [1.54, 1.807) is 21.1 Å². The molecule has 25 heavy (non-hydrogen) atoms. The Hall–Kier alpha value is -0.590. The van der Waals surface area contributed by atoms with Gasteiger partial charge in [0.25, 0.3) is 0 Å². The Morgan fingerprint density at radius 2 is 1.32 bits per heavy atom. The summed E-state index contributed by atoms with van der Waals surface area (Å²) in [6.07, 6.45) is 4.72. The lowest BCUT2D eigenvalue weighted by Crippen LogP contribution is -2.59. The largest absolute Gasteiger partial charge is 0.471 e. The number of rotatable bonds is 14. The Bertz CT molecular complexity index is 458. The Labute approximate surface area is 151 Å². The molecule has 0 saturated carbocycles. The number of carbonyl (C=O) groups is 2. The topological polar surface area (TPSA) is 101 Å². The van der Waals surface area contributed by atoms with Gasteiger partial charge in [-0.05, 0) is 12.8 Å². The van der Waals surface area contributed by atoms with Crippen LogP contribution in [-0.4, -0.2) is 59.1 Å². The van der Waals surface area contributed by atoms with Crippen LogP contribution < -0.4 is 0 Å². The van der Waals surface area contributed by atoms with Gasteiger partial charge in [-0.1, -0.05) is 39.5 Å². The van der Waals surface area contributed by atoms with Gasteiger partial charge in [-0.15, -0.1) is 0 Å². The molecule has 0 aromatic heterocycles. The van der Waals surface area contributed by atoms with E-state index >= 15 is 0 Å². The maximum Gasteiger partial charge on any atom is 0.471 e. The van der Waals surface area contributed by atoms with Gasteiger partial charge in [-0.25, -0.2) is 4.57 Å². The molecule has 0 atom stereocenters. The van der Waals surface area contributed by atoms with E-state index in [4.69, 9.17) is 4.52 Å². The molecular formula is C17H35NO6P+. The molecule has 0 aliphatic carbocycles. The van der Waals surface area contributed by atoms with Gasteiger partial charge in [0.15, 0.2) is 11.6 Å². The first-order chi connectivity index (χ1) is 11.4. The molecule has 0 rings (SSSR count). The summed E-state index contributed by atoms with van der Waals surface area (Å²) in [5.41, 5.74) is -2.08. The number of unbranched alkanes of at least 4 members (excludes halogenated alkanes) is 4. The number of nitrogens with zero attached hydrogens (tertiary/aromatic N) is 1. The van der Waals surface area contributed by atoms with Crippen molar-refractivity contribution in [3.63, 3.8) is 0 Å². The van der Waals surface area contributed by atoms with E-state index in [1.165, 1.54) is 0 Å². The van der Waals surface area contributed by atoms with Gasteiger partial charge < -0.3 is 14.3 Å². The molecule has 0 bridgehead atoms. The molecule has 0 unspecified atom stereocenters. The second kappa shape index (κ2) is 10.5. The molecule has 0 heterocycles. The van der Waals surface area contributed by atoms with Crippen molar-refractivity contribution in [2.24, 2.45) is 0 Å². The minimum atomic E-state index is -5.01. The van der Waals surface area contributed by atoms with Crippen LogP contribution in [0.3, 0.4) is 0 Å². The van der Waals surface area contributed by atoms with Crippen LogP contribution in [0, 0.1) is 0 Å². The molecule has 0 aromatic rings. The van der Waals surface area contributed by atoms with Gasteiger partial charge in [0.2, 0.25) is 5.60 Å². The summed E-state index contributed by atoms with van der Waals surface area (Å²) in [6, 6.07) is 0. The predicted molar refractivity (Wildman–Crippen MR) is 97.1 cm³/mol. The van der Waals surface area contributed by atoms with Crippen molar-refractivity contribution in [2.45, 2.75) is 70.8 Å². The monoisotopic (exact) mass is 380 g/mol. The standard InChI is InChI=1S/C17H34NO6P/c1-6-8-10-12-15(19)17(14-18(3,4)5,24-25(21,22)23)16(20)13-11-9-7-2/h6-14H2,1-5H3,(H-,21,22,23)/p+1. The van der Waals surface area contributed by atoms with Crippen molar-refractivity contribution in [3.8, 4) is 0 Å². The smallest absolute Gasteiger partial charge is 0.328 e. The first kappa shape index (κ1) is 24.4. The first-order valence-corrected chi connectivity index (χ1v) is 10.5. The number of hydrogen-bond donors (Lipinski definition) is 2. The lowest BCUT2D eigenvalue weighted by Gasteiger charge is -2.37. The Morgan fingerprint density at radius 3 is 1.60 bits per heavy atom. The summed E-state index contributed by atoms with van der Waals surface area (Å²) in [4.78, 5) is 44.5. The van der Waals surface area contributed by atoms with E-state index in [9.17, 15) is 23.9 Å². The zero-order valence-electron chi connectivity index (χ0n) is 16.3. The van der Waals surface area contributed by atoms with E-state index in [0.717, 1.165) is 25.7 Å². The highest BCUT2D eigenvalue weighted by Gasteiger charge is 2.53. The fourth-order valence-corrected chi connectivity index (χ4v) is 3.48. The summed E-state index contributed by atoms with van der Waals surface area (Å²) >= 11 is 0. The van der Waals surface area contributed by atoms with Crippen molar-refractivity contribution >= 4 is 19.4 Å². The Balaban J connectivity index is 5.73. The van der Waals surface area contributed by atoms with Gasteiger partial charge in [-0.3, -0.25) is 14.1 Å². The molecule has 0 spiro atoms.